The van der Waals surface area contributed by atoms with Crippen LogP contribution in [0.2, 0.25) is 0 Å². The lowest BCUT2D eigenvalue weighted by Gasteiger charge is -2.25. The number of nitrogens with two attached hydrogens (primary N) is 1. The van der Waals surface area contributed by atoms with Crippen molar-refractivity contribution in [1.29, 1.82) is 0 Å². The second kappa shape index (κ2) is 5.27. The summed E-state index contributed by atoms with van der Waals surface area (Å²) in [7, 11) is 0. The predicted molar refractivity (Wildman–Crippen MR) is 90.8 cm³/mol. The van der Waals surface area contributed by atoms with Crippen LogP contribution in [0.25, 0.3) is 11.0 Å². The van der Waals surface area contributed by atoms with Crippen LogP contribution >= 0.6 is 0 Å². The van der Waals surface area contributed by atoms with Crippen LogP contribution in [0.5, 0.6) is 0 Å². The summed E-state index contributed by atoms with van der Waals surface area (Å²) in [5.74, 6) is 1.42. The minimum absolute atomic E-state index is 0.344. The fourth-order valence-corrected chi connectivity index (χ4v) is 3.08. The van der Waals surface area contributed by atoms with Gasteiger partial charge in [-0.15, -0.1) is 4.65 Å². The van der Waals surface area contributed by atoms with Gasteiger partial charge in [-0.2, -0.15) is 4.99 Å². The summed E-state index contributed by atoms with van der Waals surface area (Å²) in [6.45, 7) is 0.750. The molecule has 3 aromatic rings. The summed E-state index contributed by atoms with van der Waals surface area (Å²) >= 11 is 0. The smallest absolute Gasteiger partial charge is 0.249 e. The number of rotatable bonds is 4. The van der Waals surface area contributed by atoms with E-state index < -0.39 is 0 Å². The van der Waals surface area contributed by atoms with E-state index in [-0.39, 0.29) is 4.65 Å². The number of fused-ring (bicyclic) bond motifs is 2. The molecule has 0 saturated heterocycles. The van der Waals surface area contributed by atoms with Gasteiger partial charge in [-0.1, -0.05) is 24.3 Å². The van der Waals surface area contributed by atoms with Gasteiger partial charge in [0.25, 0.3) is 0 Å². The molecule has 6 heteroatoms. The molecule has 116 valence electrons. The highest BCUT2D eigenvalue weighted by atomic mass is 16.5. The number of quaternary nitrogens is 1. The number of nitrogens with one attached hydrogen (secondary N) is 1. The Kier molecular flexibility index (Phi) is 3.23. The third-order valence-corrected chi connectivity index (χ3v) is 4.17. The van der Waals surface area contributed by atoms with Crippen molar-refractivity contribution >= 4 is 28.2 Å². The maximum absolute atomic E-state index is 11.1. The Morgan fingerprint density at radius 2 is 1.87 bits per heavy atom. The normalized spacial score (nSPS) is 19.8. The molecule has 1 unspecified atom stereocenters. The fourth-order valence-electron chi connectivity index (χ4n) is 3.08. The third kappa shape index (κ3) is 2.24. The van der Waals surface area contributed by atoms with Crippen molar-refractivity contribution in [2.24, 2.45) is 10.7 Å². The molecule has 1 aromatic heterocycles. The first-order valence-corrected chi connectivity index (χ1v) is 7.63. The summed E-state index contributed by atoms with van der Waals surface area (Å²) < 4.78 is -0.344. The molecule has 0 fully saturated rings. The van der Waals surface area contributed by atoms with Gasteiger partial charge >= 0.3 is 0 Å². The van der Waals surface area contributed by atoms with Crippen LogP contribution in [0.3, 0.4) is 0 Å². The maximum Gasteiger partial charge on any atom is 0.249 e. The van der Waals surface area contributed by atoms with E-state index in [2.05, 4.69) is 15.0 Å². The predicted octanol–water partition coefficient (Wildman–Crippen LogP) is 2.50. The molecular formula is C17H18N5O+. The molecule has 4 rings (SSSR count). The zero-order valence-corrected chi connectivity index (χ0v) is 12.6. The summed E-state index contributed by atoms with van der Waals surface area (Å²) in [5.41, 5.74) is 9.16. The Balaban J connectivity index is 1.73. The summed E-state index contributed by atoms with van der Waals surface area (Å²) in [5, 5.41) is 11.1. The molecule has 4 N–H and O–H groups in total. The first kappa shape index (κ1) is 14.1. The topological polar surface area (TPSA) is 87.3 Å². The van der Waals surface area contributed by atoms with Crippen LogP contribution < -0.4 is 10.4 Å². The Morgan fingerprint density at radius 1 is 1.09 bits per heavy atom. The number of hydroxylamine groups is 2. The molecule has 1 atom stereocenters. The van der Waals surface area contributed by atoms with Crippen molar-refractivity contribution in [1.82, 2.24) is 14.6 Å². The number of aromatic nitrogens is 2. The lowest BCUT2D eigenvalue weighted by Crippen LogP contribution is -2.53. The van der Waals surface area contributed by atoms with Crippen molar-refractivity contribution in [3.8, 4) is 0 Å². The number of hydrogen-bond acceptors (Lipinski definition) is 4. The molecule has 0 radical (unpaired) electrons. The minimum atomic E-state index is -0.344. The Hall–Kier alpha value is -2.54. The first-order valence-electron chi connectivity index (χ1n) is 7.63. The minimum Gasteiger partial charge on any atom is -0.341 e. The highest BCUT2D eigenvalue weighted by Crippen LogP contribution is 2.39. The number of aromatic amines is 1. The summed E-state index contributed by atoms with van der Waals surface area (Å²) in [6, 6.07) is 15.5. The van der Waals surface area contributed by atoms with Gasteiger partial charge in [-0.3, -0.25) is 0 Å². The van der Waals surface area contributed by atoms with Crippen molar-refractivity contribution in [2.75, 3.05) is 13.1 Å². The molecule has 1 aliphatic rings. The molecule has 0 spiro atoms. The van der Waals surface area contributed by atoms with Crippen LogP contribution in [-0.4, -0.2) is 34.1 Å². The van der Waals surface area contributed by atoms with E-state index in [1.807, 2.05) is 48.5 Å². The van der Waals surface area contributed by atoms with Gasteiger partial charge in [-0.05, 0) is 18.2 Å². The molecule has 0 amide bonds. The van der Waals surface area contributed by atoms with Crippen molar-refractivity contribution in [3.63, 3.8) is 0 Å². The average molecular weight is 308 g/mol. The molecule has 2 aromatic carbocycles. The van der Waals surface area contributed by atoms with Gasteiger partial charge in [0.15, 0.2) is 5.69 Å². The van der Waals surface area contributed by atoms with Gasteiger partial charge in [-0.25, -0.2) is 10.2 Å². The fraction of sp³-hybridized carbons (Fsp3) is 0.176. The van der Waals surface area contributed by atoms with Crippen LogP contribution in [0.4, 0.5) is 11.4 Å². The highest BCUT2D eigenvalue weighted by Gasteiger charge is 2.43. The van der Waals surface area contributed by atoms with Gasteiger partial charge in [0.05, 0.1) is 11.0 Å². The molecule has 23 heavy (non-hydrogen) atoms. The van der Waals surface area contributed by atoms with Crippen LogP contribution in [-0.2, 0) is 6.42 Å². The zero-order valence-electron chi connectivity index (χ0n) is 12.6. The highest BCUT2D eigenvalue weighted by molar-refractivity contribution is 6.01. The van der Waals surface area contributed by atoms with Gasteiger partial charge < -0.3 is 10.7 Å². The Morgan fingerprint density at radius 3 is 2.70 bits per heavy atom. The summed E-state index contributed by atoms with van der Waals surface area (Å²) in [6.07, 6.45) is 0.444. The SMILES string of the molecule is NCC[N+]1(O)C(Cc2nc3ccccc3[nH]2)=Nc2ccccc21. The monoisotopic (exact) mass is 308 g/mol. The van der Waals surface area contributed by atoms with Crippen LogP contribution in [0, 0.1) is 0 Å². The molecule has 1 aliphatic heterocycles. The number of nitrogens with zero attached hydrogens (tertiary/aromatic N) is 3. The molecule has 2 heterocycles. The maximum atomic E-state index is 11.1. The van der Waals surface area contributed by atoms with E-state index in [0.717, 1.165) is 28.2 Å². The van der Waals surface area contributed by atoms with Gasteiger partial charge in [0, 0.05) is 12.6 Å². The lowest BCUT2D eigenvalue weighted by atomic mass is 10.2. The standard InChI is InChI=1S/C17H18N5O/c18-9-10-22(23)15-8-4-3-7-14(15)21-17(22)11-16-19-12-5-1-2-6-13(12)20-16/h1-8,23H,9-11,18H2,(H,19,20)/q+1. The largest absolute Gasteiger partial charge is 0.341 e. The quantitative estimate of drug-likeness (QED) is 0.647. The van der Waals surface area contributed by atoms with E-state index in [9.17, 15) is 5.21 Å². The molecular weight excluding hydrogens is 290 g/mol. The number of amidine groups is 1. The van der Waals surface area contributed by atoms with Gasteiger partial charge in [0.1, 0.15) is 24.5 Å². The zero-order chi connectivity index (χ0) is 15.9. The lowest BCUT2D eigenvalue weighted by molar-refractivity contribution is -0.00182. The number of imidazole rings is 1. The number of aliphatic imine (C=N–C) groups is 1. The Labute approximate surface area is 133 Å². The summed E-state index contributed by atoms with van der Waals surface area (Å²) in [4.78, 5) is 12.5. The van der Waals surface area contributed by atoms with Crippen molar-refractivity contribution < 1.29 is 5.21 Å². The number of benzene rings is 2. The third-order valence-electron chi connectivity index (χ3n) is 4.17. The number of H-pyrrole nitrogens is 1. The van der Waals surface area contributed by atoms with E-state index in [1.165, 1.54) is 0 Å². The second-order valence-electron chi connectivity index (χ2n) is 5.68. The van der Waals surface area contributed by atoms with Crippen LogP contribution in [0.15, 0.2) is 53.5 Å². The van der Waals surface area contributed by atoms with Crippen molar-refractivity contribution in [3.05, 3.63) is 54.4 Å². The molecule has 6 nitrogen and oxygen atoms in total. The second-order valence-corrected chi connectivity index (χ2v) is 5.68. The molecule has 0 saturated carbocycles. The van der Waals surface area contributed by atoms with E-state index >= 15 is 0 Å². The van der Waals surface area contributed by atoms with Gasteiger partial charge in [0.2, 0.25) is 5.84 Å². The molecule has 0 bridgehead atoms. The van der Waals surface area contributed by atoms with Crippen LogP contribution in [0.1, 0.15) is 5.82 Å². The van der Waals surface area contributed by atoms with E-state index in [4.69, 9.17) is 5.73 Å². The first-order chi connectivity index (χ1) is 11.2. The Bertz CT molecular complexity index is 868. The number of hydrogen-bond donors (Lipinski definition) is 3. The molecule has 0 aliphatic carbocycles. The number of para-hydroxylation sites is 4. The van der Waals surface area contributed by atoms with E-state index in [1.54, 1.807) is 0 Å². The van der Waals surface area contributed by atoms with E-state index in [0.29, 0.717) is 25.3 Å². The van der Waals surface area contributed by atoms with Crippen molar-refractivity contribution in [2.45, 2.75) is 6.42 Å². The average Bonchev–Trinajstić information content (AvgIpc) is 3.08.